The van der Waals surface area contributed by atoms with Crippen LogP contribution in [0.15, 0.2) is 24.8 Å². The first-order chi connectivity index (χ1) is 9.27. The molecule has 0 fully saturated rings. The molecule has 0 saturated heterocycles. The highest BCUT2D eigenvalue weighted by atomic mass is 16.3. The van der Waals surface area contributed by atoms with Gasteiger partial charge in [-0.2, -0.15) is 0 Å². The molecule has 1 heteroatoms. The molecule has 0 aliphatic heterocycles. The number of hydrogen-bond acceptors (Lipinski definition) is 1. The van der Waals surface area contributed by atoms with Crippen LogP contribution in [0.3, 0.4) is 0 Å². The molecule has 0 spiro atoms. The minimum absolute atomic E-state index is 0.309. The first-order valence-corrected chi connectivity index (χ1v) is 7.75. The van der Waals surface area contributed by atoms with Crippen LogP contribution >= 0.6 is 0 Å². The molecule has 1 nitrogen and oxygen atoms in total. The molecule has 1 N–H and O–H groups in total. The fourth-order valence-electron chi connectivity index (χ4n) is 3.36. The minimum Gasteiger partial charge on any atom is -0.386 e. The highest BCUT2D eigenvalue weighted by molar-refractivity contribution is 5.45. The largest absolute Gasteiger partial charge is 0.386 e. The summed E-state index contributed by atoms with van der Waals surface area (Å²) in [6, 6.07) is 4.58. The van der Waals surface area contributed by atoms with E-state index in [1.165, 1.54) is 36.0 Å². The summed E-state index contributed by atoms with van der Waals surface area (Å²) < 4.78 is 0. The third-order valence-electron chi connectivity index (χ3n) is 5.01. The Morgan fingerprint density at radius 2 is 2.10 bits per heavy atom. The molecule has 1 aliphatic rings. The lowest BCUT2D eigenvalue weighted by atomic mass is 9.71. The van der Waals surface area contributed by atoms with Gasteiger partial charge in [0.1, 0.15) is 0 Å². The van der Waals surface area contributed by atoms with Gasteiger partial charge in [0.2, 0.25) is 0 Å². The van der Waals surface area contributed by atoms with Crippen molar-refractivity contribution in [3.05, 3.63) is 47.0 Å². The molecule has 0 bridgehead atoms. The smallest absolute Gasteiger partial charge is 0.0800 e. The molecule has 0 saturated carbocycles. The van der Waals surface area contributed by atoms with Gasteiger partial charge in [0, 0.05) is 0 Å². The standard InChI is InChI=1S/C19H28O/c1-6-19(5,20)13-11-15-9-10-17-16(14(15)2)8-7-12-18(17,3)4/h6,9-10,20H,1,7-8,11-13H2,2-5H3. The van der Waals surface area contributed by atoms with Crippen LogP contribution in [0.2, 0.25) is 0 Å². The molecule has 0 heterocycles. The minimum atomic E-state index is -0.762. The lowest BCUT2D eigenvalue weighted by Crippen LogP contribution is -2.25. The van der Waals surface area contributed by atoms with E-state index < -0.39 is 5.60 Å². The van der Waals surface area contributed by atoms with E-state index in [0.29, 0.717) is 5.41 Å². The molecule has 20 heavy (non-hydrogen) atoms. The van der Waals surface area contributed by atoms with Crippen molar-refractivity contribution in [2.45, 2.75) is 70.8 Å². The first-order valence-electron chi connectivity index (χ1n) is 7.75. The zero-order valence-electron chi connectivity index (χ0n) is 13.4. The van der Waals surface area contributed by atoms with E-state index in [1.807, 2.05) is 6.92 Å². The second kappa shape index (κ2) is 5.37. The summed E-state index contributed by atoms with van der Waals surface area (Å²) in [7, 11) is 0. The number of fused-ring (bicyclic) bond motifs is 1. The van der Waals surface area contributed by atoms with Gasteiger partial charge >= 0.3 is 0 Å². The van der Waals surface area contributed by atoms with Crippen LogP contribution in [0.4, 0.5) is 0 Å². The van der Waals surface area contributed by atoms with Crippen molar-refractivity contribution < 1.29 is 5.11 Å². The van der Waals surface area contributed by atoms with Crippen LogP contribution in [0.1, 0.15) is 62.3 Å². The molecule has 1 aromatic rings. The Kier molecular flexibility index (Phi) is 4.11. The Morgan fingerprint density at radius 1 is 1.40 bits per heavy atom. The third kappa shape index (κ3) is 2.98. The molecule has 0 radical (unpaired) electrons. The van der Waals surface area contributed by atoms with Crippen molar-refractivity contribution >= 4 is 0 Å². The highest BCUT2D eigenvalue weighted by Crippen LogP contribution is 2.39. The van der Waals surface area contributed by atoms with E-state index in [0.717, 1.165) is 12.8 Å². The van der Waals surface area contributed by atoms with Crippen molar-refractivity contribution in [1.82, 2.24) is 0 Å². The second-order valence-corrected chi connectivity index (χ2v) is 7.17. The van der Waals surface area contributed by atoms with Crippen LogP contribution in [0.5, 0.6) is 0 Å². The van der Waals surface area contributed by atoms with Gasteiger partial charge in [-0.05, 0) is 73.6 Å². The summed E-state index contributed by atoms with van der Waals surface area (Å²) in [6.07, 6.45) is 7.07. The van der Waals surface area contributed by atoms with Gasteiger partial charge in [-0.1, -0.05) is 32.1 Å². The van der Waals surface area contributed by atoms with Crippen molar-refractivity contribution in [3.8, 4) is 0 Å². The fourth-order valence-corrected chi connectivity index (χ4v) is 3.36. The lowest BCUT2D eigenvalue weighted by molar-refractivity contribution is 0.102. The van der Waals surface area contributed by atoms with Gasteiger partial charge in [0.05, 0.1) is 5.60 Å². The molecule has 0 amide bonds. The normalized spacial score (nSPS) is 20.1. The number of rotatable bonds is 4. The predicted molar refractivity (Wildman–Crippen MR) is 86.3 cm³/mol. The lowest BCUT2D eigenvalue weighted by Gasteiger charge is -2.34. The Balaban J connectivity index is 2.28. The van der Waals surface area contributed by atoms with Gasteiger partial charge in [0.25, 0.3) is 0 Å². The summed E-state index contributed by atoms with van der Waals surface area (Å²) in [5.41, 5.74) is 5.45. The van der Waals surface area contributed by atoms with Gasteiger partial charge < -0.3 is 5.11 Å². The van der Waals surface area contributed by atoms with E-state index in [2.05, 4.69) is 39.5 Å². The van der Waals surface area contributed by atoms with E-state index >= 15 is 0 Å². The van der Waals surface area contributed by atoms with Crippen LogP contribution < -0.4 is 0 Å². The average Bonchev–Trinajstić information content (AvgIpc) is 2.38. The van der Waals surface area contributed by atoms with Gasteiger partial charge in [-0.25, -0.2) is 0 Å². The third-order valence-corrected chi connectivity index (χ3v) is 5.01. The molecule has 1 atom stereocenters. The maximum atomic E-state index is 10.1. The SMILES string of the molecule is C=CC(C)(O)CCc1ccc2c(c1C)CCCC2(C)C. The van der Waals surface area contributed by atoms with Crippen molar-refractivity contribution in [3.63, 3.8) is 0 Å². The number of hydrogen-bond donors (Lipinski definition) is 1. The Labute approximate surface area is 123 Å². The summed E-state index contributed by atoms with van der Waals surface area (Å²) in [5.74, 6) is 0. The number of benzene rings is 1. The molecule has 1 unspecified atom stereocenters. The second-order valence-electron chi connectivity index (χ2n) is 7.17. The first kappa shape index (κ1) is 15.3. The highest BCUT2D eigenvalue weighted by Gasteiger charge is 2.28. The molecule has 110 valence electrons. The Bertz CT molecular complexity index is 509. The monoisotopic (exact) mass is 272 g/mol. The molecule has 2 rings (SSSR count). The Hall–Kier alpha value is -1.08. The van der Waals surface area contributed by atoms with Gasteiger partial charge in [-0.3, -0.25) is 0 Å². The van der Waals surface area contributed by atoms with E-state index in [9.17, 15) is 5.11 Å². The van der Waals surface area contributed by atoms with E-state index in [1.54, 1.807) is 11.6 Å². The molecular formula is C19H28O. The predicted octanol–water partition coefficient (Wildman–Crippen LogP) is 4.48. The maximum absolute atomic E-state index is 10.1. The molecule has 0 aromatic heterocycles. The number of aliphatic hydroxyl groups is 1. The van der Waals surface area contributed by atoms with Crippen molar-refractivity contribution in [2.24, 2.45) is 0 Å². The van der Waals surface area contributed by atoms with Crippen LogP contribution in [0, 0.1) is 6.92 Å². The zero-order valence-corrected chi connectivity index (χ0v) is 13.4. The van der Waals surface area contributed by atoms with E-state index in [4.69, 9.17) is 0 Å². The van der Waals surface area contributed by atoms with Crippen LogP contribution in [0.25, 0.3) is 0 Å². The van der Waals surface area contributed by atoms with Gasteiger partial charge in [0.15, 0.2) is 0 Å². The Morgan fingerprint density at radius 3 is 2.75 bits per heavy atom. The topological polar surface area (TPSA) is 20.2 Å². The maximum Gasteiger partial charge on any atom is 0.0800 e. The van der Waals surface area contributed by atoms with Crippen LogP contribution in [-0.2, 0) is 18.3 Å². The summed E-state index contributed by atoms with van der Waals surface area (Å²) in [4.78, 5) is 0. The molecule has 1 aromatic carbocycles. The zero-order chi connectivity index (χ0) is 15.0. The van der Waals surface area contributed by atoms with Crippen molar-refractivity contribution in [2.75, 3.05) is 0 Å². The summed E-state index contributed by atoms with van der Waals surface area (Å²) in [6.45, 7) is 12.5. The van der Waals surface area contributed by atoms with Crippen molar-refractivity contribution in [1.29, 1.82) is 0 Å². The van der Waals surface area contributed by atoms with E-state index in [-0.39, 0.29) is 0 Å². The quantitative estimate of drug-likeness (QED) is 0.801. The summed E-state index contributed by atoms with van der Waals surface area (Å²) >= 11 is 0. The number of aryl methyl sites for hydroxylation is 1. The average molecular weight is 272 g/mol. The summed E-state index contributed by atoms with van der Waals surface area (Å²) in [5, 5.41) is 10.1. The van der Waals surface area contributed by atoms with Gasteiger partial charge in [-0.15, -0.1) is 6.58 Å². The molecule has 1 aliphatic carbocycles. The molecular weight excluding hydrogens is 244 g/mol. The van der Waals surface area contributed by atoms with Crippen LogP contribution in [-0.4, -0.2) is 10.7 Å². The fraction of sp³-hybridized carbons (Fsp3) is 0.579.